The van der Waals surface area contributed by atoms with Gasteiger partial charge in [-0.05, 0) is 38.5 Å². The molecule has 1 atom stereocenters. The highest BCUT2D eigenvalue weighted by molar-refractivity contribution is 6.10. The SMILES string of the molecule is CC(C)CC(=O)N1CCC(NC(=O)C(C)N2C(=O)NC3(CCCC3)C2=O)CC1. The Hall–Kier alpha value is -2.12. The van der Waals surface area contributed by atoms with Gasteiger partial charge in [0.1, 0.15) is 11.6 Å². The van der Waals surface area contributed by atoms with E-state index in [-0.39, 0.29) is 23.8 Å². The second kappa shape index (κ2) is 8.09. The molecule has 8 heteroatoms. The van der Waals surface area contributed by atoms with Crippen molar-refractivity contribution in [1.82, 2.24) is 20.4 Å². The summed E-state index contributed by atoms with van der Waals surface area (Å²) in [5.74, 6) is -0.0929. The number of imide groups is 1. The summed E-state index contributed by atoms with van der Waals surface area (Å²) in [4.78, 5) is 53.0. The Balaban J connectivity index is 1.52. The monoisotopic (exact) mass is 392 g/mol. The zero-order chi connectivity index (χ0) is 20.5. The smallest absolute Gasteiger partial charge is 0.325 e. The molecule has 5 amide bonds. The molecule has 0 aromatic carbocycles. The summed E-state index contributed by atoms with van der Waals surface area (Å²) in [6.07, 6.45) is 5.03. The molecule has 3 rings (SSSR count). The van der Waals surface area contributed by atoms with E-state index in [0.717, 1.165) is 17.7 Å². The van der Waals surface area contributed by atoms with Crippen LogP contribution in [0.1, 0.15) is 65.7 Å². The fourth-order valence-corrected chi connectivity index (χ4v) is 4.50. The van der Waals surface area contributed by atoms with E-state index >= 15 is 0 Å². The van der Waals surface area contributed by atoms with Gasteiger partial charge in [-0.2, -0.15) is 0 Å². The number of hydrogen-bond acceptors (Lipinski definition) is 4. The number of carbonyl (C=O) groups is 4. The van der Waals surface area contributed by atoms with Gasteiger partial charge in [0, 0.05) is 25.6 Å². The third-order valence-electron chi connectivity index (χ3n) is 6.19. The Bertz CT molecular complexity index is 649. The van der Waals surface area contributed by atoms with Crippen molar-refractivity contribution in [3.8, 4) is 0 Å². The van der Waals surface area contributed by atoms with Crippen LogP contribution in [0.25, 0.3) is 0 Å². The summed E-state index contributed by atoms with van der Waals surface area (Å²) in [7, 11) is 0. The molecule has 2 saturated heterocycles. The molecule has 2 N–H and O–H groups in total. The maximum atomic E-state index is 12.8. The predicted molar refractivity (Wildman–Crippen MR) is 103 cm³/mol. The van der Waals surface area contributed by atoms with Crippen molar-refractivity contribution < 1.29 is 19.2 Å². The zero-order valence-corrected chi connectivity index (χ0v) is 17.1. The molecule has 0 aromatic rings. The molecule has 2 aliphatic heterocycles. The molecule has 156 valence electrons. The molecule has 1 aliphatic carbocycles. The van der Waals surface area contributed by atoms with E-state index in [9.17, 15) is 19.2 Å². The molecule has 1 saturated carbocycles. The Kier molecular flexibility index (Phi) is 5.95. The van der Waals surface area contributed by atoms with Gasteiger partial charge in [0.25, 0.3) is 5.91 Å². The van der Waals surface area contributed by atoms with Crippen molar-refractivity contribution in [2.45, 2.75) is 83.3 Å². The van der Waals surface area contributed by atoms with E-state index < -0.39 is 17.6 Å². The van der Waals surface area contributed by atoms with Crippen molar-refractivity contribution in [3.63, 3.8) is 0 Å². The van der Waals surface area contributed by atoms with Crippen LogP contribution in [0.3, 0.4) is 0 Å². The van der Waals surface area contributed by atoms with Gasteiger partial charge >= 0.3 is 6.03 Å². The van der Waals surface area contributed by atoms with E-state index in [1.807, 2.05) is 18.7 Å². The molecule has 3 aliphatic rings. The van der Waals surface area contributed by atoms with Crippen molar-refractivity contribution in [3.05, 3.63) is 0 Å². The summed E-state index contributed by atoms with van der Waals surface area (Å²) in [6, 6.07) is -1.35. The van der Waals surface area contributed by atoms with Gasteiger partial charge in [-0.25, -0.2) is 9.69 Å². The number of carbonyl (C=O) groups excluding carboxylic acids is 4. The van der Waals surface area contributed by atoms with Crippen LogP contribution in [-0.2, 0) is 14.4 Å². The van der Waals surface area contributed by atoms with Crippen LogP contribution in [0.2, 0.25) is 0 Å². The van der Waals surface area contributed by atoms with Gasteiger partial charge < -0.3 is 15.5 Å². The molecule has 1 spiro atoms. The van der Waals surface area contributed by atoms with Crippen LogP contribution in [0.5, 0.6) is 0 Å². The van der Waals surface area contributed by atoms with Crippen LogP contribution in [0.15, 0.2) is 0 Å². The Morgan fingerprint density at radius 3 is 2.32 bits per heavy atom. The normalized spacial score (nSPS) is 23.4. The van der Waals surface area contributed by atoms with Gasteiger partial charge in [0.2, 0.25) is 11.8 Å². The summed E-state index contributed by atoms with van der Waals surface area (Å²) in [5, 5.41) is 5.78. The largest absolute Gasteiger partial charge is 0.351 e. The van der Waals surface area contributed by atoms with E-state index in [4.69, 9.17) is 0 Å². The number of piperidine rings is 1. The first-order valence-corrected chi connectivity index (χ1v) is 10.5. The first-order chi connectivity index (χ1) is 13.2. The molecule has 3 fully saturated rings. The maximum Gasteiger partial charge on any atom is 0.325 e. The predicted octanol–water partition coefficient (Wildman–Crippen LogP) is 1.39. The highest BCUT2D eigenvalue weighted by Gasteiger charge is 2.54. The Labute approximate surface area is 166 Å². The van der Waals surface area contributed by atoms with Gasteiger partial charge in [-0.3, -0.25) is 14.4 Å². The van der Waals surface area contributed by atoms with Crippen LogP contribution >= 0.6 is 0 Å². The standard InChI is InChI=1S/C20H32N4O4/c1-13(2)12-16(25)23-10-6-15(7-11-23)21-17(26)14(3)24-18(27)20(22-19(24)28)8-4-5-9-20/h13-15H,4-12H2,1-3H3,(H,21,26)(H,22,28). The lowest BCUT2D eigenvalue weighted by Crippen LogP contribution is -2.53. The third-order valence-corrected chi connectivity index (χ3v) is 6.19. The minimum absolute atomic E-state index is 0.0424. The first kappa shape index (κ1) is 20.6. The Morgan fingerprint density at radius 2 is 1.75 bits per heavy atom. The topological polar surface area (TPSA) is 98.8 Å². The lowest BCUT2D eigenvalue weighted by Gasteiger charge is -2.34. The number of nitrogens with one attached hydrogen (secondary N) is 2. The number of urea groups is 1. The molecule has 0 bridgehead atoms. The molecular formula is C20H32N4O4. The van der Waals surface area contributed by atoms with Gasteiger partial charge in [0.05, 0.1) is 0 Å². The van der Waals surface area contributed by atoms with E-state index in [2.05, 4.69) is 10.6 Å². The van der Waals surface area contributed by atoms with Crippen molar-refractivity contribution in [1.29, 1.82) is 0 Å². The van der Waals surface area contributed by atoms with Crippen LogP contribution in [0, 0.1) is 5.92 Å². The number of amides is 5. The number of nitrogens with zero attached hydrogens (tertiary/aromatic N) is 2. The van der Waals surface area contributed by atoms with Gasteiger partial charge in [0.15, 0.2) is 0 Å². The van der Waals surface area contributed by atoms with Crippen molar-refractivity contribution in [2.24, 2.45) is 5.92 Å². The first-order valence-electron chi connectivity index (χ1n) is 10.5. The van der Waals surface area contributed by atoms with E-state index in [0.29, 0.717) is 51.1 Å². The minimum Gasteiger partial charge on any atom is -0.351 e. The number of hydrogen-bond donors (Lipinski definition) is 2. The van der Waals surface area contributed by atoms with E-state index in [1.165, 1.54) is 0 Å². The van der Waals surface area contributed by atoms with Gasteiger partial charge in [-0.1, -0.05) is 26.7 Å². The Morgan fingerprint density at radius 1 is 1.14 bits per heavy atom. The molecule has 8 nitrogen and oxygen atoms in total. The summed E-state index contributed by atoms with van der Waals surface area (Å²) < 4.78 is 0. The van der Waals surface area contributed by atoms with Crippen LogP contribution in [0.4, 0.5) is 4.79 Å². The summed E-state index contributed by atoms with van der Waals surface area (Å²) in [5.41, 5.74) is -0.798. The molecular weight excluding hydrogens is 360 g/mol. The maximum absolute atomic E-state index is 12.8. The van der Waals surface area contributed by atoms with Crippen molar-refractivity contribution in [2.75, 3.05) is 13.1 Å². The molecule has 1 unspecified atom stereocenters. The van der Waals surface area contributed by atoms with E-state index in [1.54, 1.807) is 6.92 Å². The number of rotatable bonds is 5. The summed E-state index contributed by atoms with van der Waals surface area (Å²) >= 11 is 0. The molecule has 2 heterocycles. The number of likely N-dealkylation sites (tertiary alicyclic amines) is 1. The minimum atomic E-state index is -0.840. The molecule has 0 aromatic heterocycles. The van der Waals surface area contributed by atoms with Gasteiger partial charge in [-0.15, -0.1) is 0 Å². The summed E-state index contributed by atoms with van der Waals surface area (Å²) in [6.45, 7) is 6.89. The average Bonchev–Trinajstić information content (AvgIpc) is 3.20. The quantitative estimate of drug-likeness (QED) is 0.691. The van der Waals surface area contributed by atoms with Crippen LogP contribution < -0.4 is 10.6 Å². The second-order valence-corrected chi connectivity index (χ2v) is 8.83. The third kappa shape index (κ3) is 4.00. The zero-order valence-electron chi connectivity index (χ0n) is 17.1. The average molecular weight is 393 g/mol. The second-order valence-electron chi connectivity index (χ2n) is 8.83. The fraction of sp³-hybridized carbons (Fsp3) is 0.800. The molecule has 0 radical (unpaired) electrons. The molecule has 28 heavy (non-hydrogen) atoms. The highest BCUT2D eigenvalue weighted by Crippen LogP contribution is 2.35. The lowest BCUT2D eigenvalue weighted by molar-refractivity contribution is -0.138. The lowest BCUT2D eigenvalue weighted by atomic mass is 9.97. The fourth-order valence-electron chi connectivity index (χ4n) is 4.50. The van der Waals surface area contributed by atoms with Crippen molar-refractivity contribution >= 4 is 23.8 Å². The van der Waals surface area contributed by atoms with Crippen LogP contribution in [-0.4, -0.2) is 64.3 Å². The highest BCUT2D eigenvalue weighted by atomic mass is 16.2.